The molecule has 8 nitrogen and oxygen atoms in total. The molecule has 0 bridgehead atoms. The number of nitrogens with one attached hydrogen (secondary N) is 1. The number of nitriles is 1. The Kier molecular flexibility index (Phi) is 7.30. The third-order valence-electron chi connectivity index (χ3n) is 8.35. The first-order chi connectivity index (χ1) is 18.7. The molecular formula is C30H37N7O. The number of piperidine rings is 1. The van der Waals surface area contributed by atoms with Crippen molar-refractivity contribution in [1.29, 1.82) is 5.26 Å². The van der Waals surface area contributed by atoms with Crippen molar-refractivity contribution >= 4 is 22.3 Å². The van der Waals surface area contributed by atoms with Gasteiger partial charge in [0.05, 0.1) is 24.7 Å². The summed E-state index contributed by atoms with van der Waals surface area (Å²) in [6.45, 7) is 5.85. The van der Waals surface area contributed by atoms with Gasteiger partial charge in [-0.05, 0) is 44.3 Å². The van der Waals surface area contributed by atoms with Crippen LogP contribution in [0.4, 0.5) is 11.5 Å². The Morgan fingerprint density at radius 1 is 1.05 bits per heavy atom. The lowest BCUT2D eigenvalue weighted by Crippen LogP contribution is -2.51. The quantitative estimate of drug-likeness (QED) is 0.536. The first-order valence-corrected chi connectivity index (χ1v) is 14.0. The van der Waals surface area contributed by atoms with Crippen LogP contribution >= 0.6 is 0 Å². The molecule has 3 aliphatic heterocycles. The van der Waals surface area contributed by atoms with Gasteiger partial charge in [-0.2, -0.15) is 15.2 Å². The molecule has 0 amide bonds. The van der Waals surface area contributed by atoms with Crippen LogP contribution in [-0.4, -0.2) is 73.3 Å². The molecule has 6 rings (SSSR count). The van der Waals surface area contributed by atoms with Crippen molar-refractivity contribution in [2.75, 3.05) is 56.2 Å². The Labute approximate surface area is 225 Å². The third kappa shape index (κ3) is 5.13. The molecule has 2 fully saturated rings. The summed E-state index contributed by atoms with van der Waals surface area (Å²) in [7, 11) is 2.18. The van der Waals surface area contributed by atoms with E-state index in [1.54, 1.807) is 0 Å². The minimum Gasteiger partial charge on any atom is -0.462 e. The molecule has 2 saturated heterocycles. The molecule has 0 radical (unpaired) electrons. The Morgan fingerprint density at radius 3 is 2.84 bits per heavy atom. The van der Waals surface area contributed by atoms with Gasteiger partial charge >= 0.3 is 6.01 Å². The van der Waals surface area contributed by atoms with Gasteiger partial charge in [-0.3, -0.25) is 0 Å². The number of piperazine rings is 1. The van der Waals surface area contributed by atoms with Gasteiger partial charge in [-0.15, -0.1) is 0 Å². The molecule has 1 aromatic heterocycles. The lowest BCUT2D eigenvalue weighted by molar-refractivity contribution is 0.119. The second kappa shape index (κ2) is 11.1. The van der Waals surface area contributed by atoms with Crippen molar-refractivity contribution in [2.45, 2.75) is 50.7 Å². The molecule has 0 unspecified atom stereocenters. The number of likely N-dealkylation sites (N-methyl/N-ethyl adjacent to an activating group) is 1. The van der Waals surface area contributed by atoms with Gasteiger partial charge in [0.2, 0.25) is 0 Å². The molecule has 2 atom stereocenters. The number of hydrogen-bond donors (Lipinski definition) is 1. The Bertz CT molecular complexity index is 1320. The van der Waals surface area contributed by atoms with E-state index in [9.17, 15) is 5.26 Å². The Morgan fingerprint density at radius 2 is 1.95 bits per heavy atom. The summed E-state index contributed by atoms with van der Waals surface area (Å²) in [6.07, 6.45) is 5.03. The summed E-state index contributed by atoms with van der Waals surface area (Å²) in [4.78, 5) is 17.2. The molecule has 38 heavy (non-hydrogen) atoms. The highest BCUT2D eigenvalue weighted by atomic mass is 16.5. The largest absolute Gasteiger partial charge is 0.462 e. The van der Waals surface area contributed by atoms with Crippen LogP contribution in [0.2, 0.25) is 0 Å². The van der Waals surface area contributed by atoms with Crippen molar-refractivity contribution in [3.8, 4) is 12.1 Å². The maximum Gasteiger partial charge on any atom is 0.318 e. The van der Waals surface area contributed by atoms with Crippen LogP contribution < -0.4 is 19.9 Å². The van der Waals surface area contributed by atoms with E-state index in [1.807, 2.05) is 0 Å². The van der Waals surface area contributed by atoms with Gasteiger partial charge in [0.1, 0.15) is 12.4 Å². The number of aromatic nitrogens is 2. The van der Waals surface area contributed by atoms with Crippen molar-refractivity contribution in [3.63, 3.8) is 0 Å². The lowest BCUT2D eigenvalue weighted by atomic mass is 10.0. The standard InChI is InChI=1S/C30H37N7O/c1-35-16-5-4-9-24(35)21-38-30-33-27-20-36(28-11-6-8-22-7-2-3-10-25(22)28)17-13-26(27)29(34-30)37-18-15-32-23(19-37)12-14-31/h2-3,6-8,10-11,23-24,32H,4-5,9,12-13,15-21H2,1H3/t23-,24+/m0/s1. The lowest BCUT2D eigenvalue weighted by Gasteiger charge is -2.37. The maximum atomic E-state index is 9.28. The molecule has 1 N–H and O–H groups in total. The summed E-state index contributed by atoms with van der Waals surface area (Å²) < 4.78 is 6.32. The summed E-state index contributed by atoms with van der Waals surface area (Å²) in [5.41, 5.74) is 3.52. The smallest absolute Gasteiger partial charge is 0.318 e. The van der Waals surface area contributed by atoms with Crippen LogP contribution in [-0.2, 0) is 13.0 Å². The predicted octanol–water partition coefficient (Wildman–Crippen LogP) is 3.75. The molecule has 0 spiro atoms. The molecule has 4 heterocycles. The second-order valence-electron chi connectivity index (χ2n) is 10.8. The van der Waals surface area contributed by atoms with Gasteiger partial charge in [0.15, 0.2) is 0 Å². The fourth-order valence-electron chi connectivity index (χ4n) is 6.19. The van der Waals surface area contributed by atoms with Crippen molar-refractivity contribution < 1.29 is 4.74 Å². The number of ether oxygens (including phenoxy) is 1. The molecule has 3 aliphatic rings. The number of anilines is 2. The monoisotopic (exact) mass is 511 g/mol. The number of fused-ring (bicyclic) bond motifs is 2. The predicted molar refractivity (Wildman–Crippen MR) is 151 cm³/mol. The van der Waals surface area contributed by atoms with Gasteiger partial charge in [-0.25, -0.2) is 0 Å². The van der Waals surface area contributed by atoms with E-state index in [-0.39, 0.29) is 6.04 Å². The third-order valence-corrected chi connectivity index (χ3v) is 8.35. The zero-order chi connectivity index (χ0) is 25.9. The van der Waals surface area contributed by atoms with Crippen LogP contribution in [0, 0.1) is 11.3 Å². The van der Waals surface area contributed by atoms with E-state index in [4.69, 9.17) is 14.7 Å². The SMILES string of the molecule is CN1CCCC[C@@H]1COc1nc2c(c(N3CCN[C@@H](CC#N)C3)n1)CCN(c1cccc3ccccc13)C2. The molecule has 0 saturated carbocycles. The van der Waals surface area contributed by atoms with E-state index in [1.165, 1.54) is 34.9 Å². The molecule has 2 aromatic carbocycles. The van der Waals surface area contributed by atoms with Gasteiger partial charge in [0.25, 0.3) is 0 Å². The summed E-state index contributed by atoms with van der Waals surface area (Å²) in [5, 5.41) is 15.3. The zero-order valence-electron chi connectivity index (χ0n) is 22.3. The number of hydrogen-bond acceptors (Lipinski definition) is 8. The van der Waals surface area contributed by atoms with Crippen molar-refractivity contribution in [3.05, 3.63) is 53.7 Å². The normalized spacial score (nSPS) is 22.2. The highest BCUT2D eigenvalue weighted by Gasteiger charge is 2.29. The highest BCUT2D eigenvalue weighted by Crippen LogP contribution is 2.34. The van der Waals surface area contributed by atoms with Crippen LogP contribution in [0.25, 0.3) is 10.8 Å². The van der Waals surface area contributed by atoms with Crippen LogP contribution in [0.1, 0.15) is 36.9 Å². The maximum absolute atomic E-state index is 9.28. The first kappa shape index (κ1) is 24.9. The minimum atomic E-state index is 0.149. The van der Waals surface area contributed by atoms with Gasteiger partial charge in [-0.1, -0.05) is 42.8 Å². The molecular weight excluding hydrogens is 474 g/mol. The highest BCUT2D eigenvalue weighted by molar-refractivity contribution is 5.94. The average molecular weight is 512 g/mol. The molecule has 3 aromatic rings. The Hall–Kier alpha value is -3.41. The molecule has 0 aliphatic carbocycles. The van der Waals surface area contributed by atoms with Gasteiger partial charge in [0, 0.05) is 54.9 Å². The number of likely N-dealkylation sites (tertiary alicyclic amines) is 1. The van der Waals surface area contributed by atoms with Gasteiger partial charge < -0.3 is 24.8 Å². The van der Waals surface area contributed by atoms with E-state index in [0.29, 0.717) is 25.1 Å². The molecule has 198 valence electrons. The number of benzene rings is 2. The average Bonchev–Trinajstić information content (AvgIpc) is 2.96. The van der Waals surface area contributed by atoms with Crippen LogP contribution in [0.5, 0.6) is 6.01 Å². The minimum absolute atomic E-state index is 0.149. The number of nitrogens with zero attached hydrogens (tertiary/aromatic N) is 6. The first-order valence-electron chi connectivity index (χ1n) is 14.0. The van der Waals surface area contributed by atoms with E-state index >= 15 is 0 Å². The van der Waals surface area contributed by atoms with E-state index in [2.05, 4.69) is 75.6 Å². The second-order valence-corrected chi connectivity index (χ2v) is 10.8. The van der Waals surface area contributed by atoms with Crippen LogP contribution in [0.15, 0.2) is 42.5 Å². The fraction of sp³-hybridized carbons (Fsp3) is 0.500. The van der Waals surface area contributed by atoms with E-state index in [0.717, 1.165) is 63.6 Å². The Balaban J connectivity index is 1.31. The fourth-order valence-corrected chi connectivity index (χ4v) is 6.19. The summed E-state index contributed by atoms with van der Waals surface area (Å²) >= 11 is 0. The summed E-state index contributed by atoms with van der Waals surface area (Å²) in [6, 6.07) is 18.5. The topological polar surface area (TPSA) is 80.5 Å². The van der Waals surface area contributed by atoms with E-state index < -0.39 is 0 Å². The number of rotatable bonds is 6. The van der Waals surface area contributed by atoms with Crippen molar-refractivity contribution in [1.82, 2.24) is 20.2 Å². The summed E-state index contributed by atoms with van der Waals surface area (Å²) in [5.74, 6) is 0.990. The van der Waals surface area contributed by atoms with Crippen molar-refractivity contribution in [2.24, 2.45) is 0 Å². The van der Waals surface area contributed by atoms with Crippen LogP contribution in [0.3, 0.4) is 0 Å². The zero-order valence-corrected chi connectivity index (χ0v) is 22.3. The molecule has 8 heteroatoms.